The van der Waals surface area contributed by atoms with Gasteiger partial charge < -0.3 is 15.4 Å². The first-order chi connectivity index (χ1) is 12.7. The summed E-state index contributed by atoms with van der Waals surface area (Å²) in [6.45, 7) is 1.70. The molecule has 0 aliphatic rings. The predicted molar refractivity (Wildman–Crippen MR) is 98.4 cm³/mol. The van der Waals surface area contributed by atoms with Crippen molar-refractivity contribution in [3.63, 3.8) is 0 Å². The minimum absolute atomic E-state index is 0.136. The van der Waals surface area contributed by atoms with Gasteiger partial charge in [-0.25, -0.2) is 9.48 Å². The number of nitrogens with one attached hydrogen (secondary N) is 2. The van der Waals surface area contributed by atoms with Gasteiger partial charge >= 0.3 is 5.69 Å². The lowest BCUT2D eigenvalue weighted by Crippen LogP contribution is -2.30. The van der Waals surface area contributed by atoms with Crippen molar-refractivity contribution >= 4 is 17.2 Å². The van der Waals surface area contributed by atoms with Crippen LogP contribution in [-0.2, 0) is 16.1 Å². The summed E-state index contributed by atoms with van der Waals surface area (Å²) in [5.74, 6) is -0.136. The van der Waals surface area contributed by atoms with Gasteiger partial charge in [0.15, 0.2) is 5.65 Å². The van der Waals surface area contributed by atoms with Crippen LogP contribution < -0.4 is 16.3 Å². The molecular formula is C18H21N5O3. The maximum Gasteiger partial charge on any atom is 0.350 e. The van der Waals surface area contributed by atoms with E-state index >= 15 is 0 Å². The molecule has 0 aliphatic carbocycles. The number of pyridine rings is 1. The minimum atomic E-state index is -0.197. The van der Waals surface area contributed by atoms with Gasteiger partial charge in [-0.3, -0.25) is 9.20 Å². The molecule has 8 heteroatoms. The number of methoxy groups -OCH3 is 1. The Morgan fingerprint density at radius 3 is 2.92 bits per heavy atom. The van der Waals surface area contributed by atoms with Crippen molar-refractivity contribution in [3.05, 3.63) is 64.7 Å². The van der Waals surface area contributed by atoms with E-state index in [-0.39, 0.29) is 18.1 Å². The van der Waals surface area contributed by atoms with Gasteiger partial charge in [-0.05, 0) is 29.8 Å². The van der Waals surface area contributed by atoms with E-state index in [2.05, 4.69) is 15.7 Å². The van der Waals surface area contributed by atoms with E-state index in [1.54, 1.807) is 25.4 Å². The first kappa shape index (κ1) is 17.8. The van der Waals surface area contributed by atoms with Crippen LogP contribution in [0, 0.1) is 0 Å². The van der Waals surface area contributed by atoms with E-state index in [1.807, 2.05) is 30.3 Å². The molecule has 0 atom stereocenters. The zero-order valence-corrected chi connectivity index (χ0v) is 14.5. The number of carbonyl (C=O) groups is 1. The fourth-order valence-electron chi connectivity index (χ4n) is 2.57. The molecule has 3 rings (SSSR count). The van der Waals surface area contributed by atoms with Crippen molar-refractivity contribution in [2.45, 2.75) is 6.54 Å². The van der Waals surface area contributed by atoms with Crippen LogP contribution in [0.25, 0.3) is 5.65 Å². The van der Waals surface area contributed by atoms with E-state index < -0.39 is 0 Å². The number of carbonyl (C=O) groups excluding carboxylic acids is 1. The van der Waals surface area contributed by atoms with Crippen molar-refractivity contribution < 1.29 is 9.53 Å². The maximum absolute atomic E-state index is 12.3. The zero-order chi connectivity index (χ0) is 18.4. The molecule has 8 nitrogen and oxygen atoms in total. The average molecular weight is 355 g/mol. The summed E-state index contributed by atoms with van der Waals surface area (Å²) in [5, 5.41) is 10.1. The van der Waals surface area contributed by atoms with Crippen LogP contribution in [-0.4, -0.2) is 46.9 Å². The molecule has 3 aromatic rings. The molecule has 136 valence electrons. The van der Waals surface area contributed by atoms with Crippen LogP contribution in [0.15, 0.2) is 53.5 Å². The van der Waals surface area contributed by atoms with Crippen LogP contribution >= 0.6 is 0 Å². The number of fused-ring (bicyclic) bond motifs is 1. The summed E-state index contributed by atoms with van der Waals surface area (Å²) in [6, 6.07) is 12.8. The summed E-state index contributed by atoms with van der Waals surface area (Å²) in [5.41, 5.74) is 1.96. The second-order valence-corrected chi connectivity index (χ2v) is 5.79. The summed E-state index contributed by atoms with van der Waals surface area (Å²) in [4.78, 5) is 24.3. The fraction of sp³-hybridized carbons (Fsp3) is 0.278. The number of nitrogens with zero attached hydrogens (tertiary/aromatic N) is 3. The normalized spacial score (nSPS) is 11.0. The molecule has 0 aliphatic heterocycles. The third-order valence-corrected chi connectivity index (χ3v) is 3.80. The Morgan fingerprint density at radius 2 is 2.12 bits per heavy atom. The molecule has 2 aromatic heterocycles. The number of ether oxygens (including phenoxy) is 1. The Labute approximate surface area is 150 Å². The number of hydrogen-bond acceptors (Lipinski definition) is 5. The molecule has 0 saturated carbocycles. The van der Waals surface area contributed by atoms with Crippen LogP contribution in [0.5, 0.6) is 0 Å². The molecule has 0 fully saturated rings. The number of hydrogen-bond donors (Lipinski definition) is 2. The first-order valence-corrected chi connectivity index (χ1v) is 8.30. The van der Waals surface area contributed by atoms with Crippen molar-refractivity contribution in [2.24, 2.45) is 0 Å². The zero-order valence-electron chi connectivity index (χ0n) is 14.5. The quantitative estimate of drug-likeness (QED) is 0.581. The first-order valence-electron chi connectivity index (χ1n) is 8.30. The number of amides is 1. The molecule has 2 heterocycles. The topological polar surface area (TPSA) is 89.7 Å². The van der Waals surface area contributed by atoms with Crippen molar-refractivity contribution in [2.75, 3.05) is 32.1 Å². The molecule has 0 spiro atoms. The Balaban J connectivity index is 1.66. The predicted octanol–water partition coefficient (Wildman–Crippen LogP) is 0.719. The molecule has 1 aromatic carbocycles. The lowest BCUT2D eigenvalue weighted by Gasteiger charge is -2.08. The Morgan fingerprint density at radius 1 is 1.23 bits per heavy atom. The molecule has 0 radical (unpaired) electrons. The standard InChI is InChI=1S/C18H21N5O3/c1-26-10-8-19-12-17(24)20-15-6-4-5-14(11-15)13-23-18(25)22-9-3-2-7-16(22)21-23/h2-7,9,11,19H,8,10,12-13H2,1H3,(H,20,24). The highest BCUT2D eigenvalue weighted by atomic mass is 16.5. The van der Waals surface area contributed by atoms with Crippen LogP contribution in [0.4, 0.5) is 5.69 Å². The SMILES string of the molecule is COCCNCC(=O)Nc1cccc(Cn2nc3ccccn3c2=O)c1. The highest BCUT2D eigenvalue weighted by Crippen LogP contribution is 2.11. The van der Waals surface area contributed by atoms with Crippen LogP contribution in [0.2, 0.25) is 0 Å². The van der Waals surface area contributed by atoms with Gasteiger partial charge in [-0.2, -0.15) is 0 Å². The fourth-order valence-corrected chi connectivity index (χ4v) is 2.57. The van der Waals surface area contributed by atoms with Gasteiger partial charge in [-0.15, -0.1) is 5.10 Å². The van der Waals surface area contributed by atoms with Crippen LogP contribution in [0.3, 0.4) is 0 Å². The summed E-state index contributed by atoms with van der Waals surface area (Å²) in [7, 11) is 1.61. The van der Waals surface area contributed by atoms with Gasteiger partial charge in [0.2, 0.25) is 5.91 Å². The van der Waals surface area contributed by atoms with Gasteiger partial charge in [0.25, 0.3) is 0 Å². The van der Waals surface area contributed by atoms with Crippen molar-refractivity contribution in [3.8, 4) is 0 Å². The average Bonchev–Trinajstić information content (AvgIpc) is 2.95. The molecular weight excluding hydrogens is 334 g/mol. The lowest BCUT2D eigenvalue weighted by atomic mass is 10.2. The summed E-state index contributed by atoms with van der Waals surface area (Å²) in [6.07, 6.45) is 1.69. The number of anilines is 1. The lowest BCUT2D eigenvalue weighted by molar-refractivity contribution is -0.115. The highest BCUT2D eigenvalue weighted by Gasteiger charge is 2.08. The highest BCUT2D eigenvalue weighted by molar-refractivity contribution is 5.92. The molecule has 0 saturated heterocycles. The maximum atomic E-state index is 12.3. The van der Waals surface area contributed by atoms with Crippen LogP contribution in [0.1, 0.15) is 5.56 Å². The third-order valence-electron chi connectivity index (χ3n) is 3.80. The summed E-state index contributed by atoms with van der Waals surface area (Å²) < 4.78 is 7.82. The smallest absolute Gasteiger partial charge is 0.350 e. The van der Waals surface area contributed by atoms with Crippen molar-refractivity contribution in [1.29, 1.82) is 0 Å². The Kier molecular flexibility index (Phi) is 5.77. The Bertz CT molecular complexity index is 947. The van der Waals surface area contributed by atoms with Gasteiger partial charge in [0, 0.05) is 25.5 Å². The molecule has 0 bridgehead atoms. The van der Waals surface area contributed by atoms with Gasteiger partial charge in [0.1, 0.15) is 0 Å². The van der Waals surface area contributed by atoms with Gasteiger partial charge in [-0.1, -0.05) is 18.2 Å². The number of rotatable bonds is 8. The molecule has 26 heavy (non-hydrogen) atoms. The van der Waals surface area contributed by atoms with Gasteiger partial charge in [0.05, 0.1) is 19.7 Å². The van der Waals surface area contributed by atoms with E-state index in [9.17, 15) is 9.59 Å². The number of aromatic nitrogens is 3. The van der Waals surface area contributed by atoms with E-state index in [0.29, 0.717) is 31.0 Å². The molecule has 2 N–H and O–H groups in total. The van der Waals surface area contributed by atoms with Crippen molar-refractivity contribution in [1.82, 2.24) is 19.5 Å². The van der Waals surface area contributed by atoms with E-state index in [4.69, 9.17) is 4.74 Å². The molecule has 1 amide bonds. The monoisotopic (exact) mass is 355 g/mol. The Hall–Kier alpha value is -2.97. The second-order valence-electron chi connectivity index (χ2n) is 5.79. The summed E-state index contributed by atoms with van der Waals surface area (Å²) >= 11 is 0. The second kappa shape index (κ2) is 8.41. The third kappa shape index (κ3) is 4.35. The number of benzene rings is 1. The van der Waals surface area contributed by atoms with E-state index in [1.165, 1.54) is 9.08 Å². The largest absolute Gasteiger partial charge is 0.383 e. The van der Waals surface area contributed by atoms with E-state index in [0.717, 1.165) is 5.56 Å². The molecule has 0 unspecified atom stereocenters. The minimum Gasteiger partial charge on any atom is -0.383 e.